The van der Waals surface area contributed by atoms with Crippen LogP contribution in [-0.4, -0.2) is 27.3 Å². The molecule has 4 aromatic rings. The SMILES string of the molecule is N=C(N)c1ccc2c(c1)nc(C(=O)NC1CCCCC1)n2Cc1cccc2ccccc12. The molecular weight excluding hydrogens is 398 g/mol. The van der Waals surface area contributed by atoms with E-state index in [1.165, 1.54) is 11.8 Å². The Bertz CT molecular complexity index is 1310. The van der Waals surface area contributed by atoms with Gasteiger partial charge in [0.25, 0.3) is 5.91 Å². The van der Waals surface area contributed by atoms with Crippen molar-refractivity contribution in [2.45, 2.75) is 44.7 Å². The van der Waals surface area contributed by atoms with E-state index in [1.807, 2.05) is 34.9 Å². The summed E-state index contributed by atoms with van der Waals surface area (Å²) in [5.74, 6) is 0.251. The van der Waals surface area contributed by atoms with Crippen molar-refractivity contribution in [3.8, 4) is 0 Å². The van der Waals surface area contributed by atoms with Crippen molar-refractivity contribution in [1.82, 2.24) is 14.9 Å². The van der Waals surface area contributed by atoms with Gasteiger partial charge >= 0.3 is 0 Å². The molecule has 0 atom stereocenters. The largest absolute Gasteiger partial charge is 0.384 e. The molecule has 3 aromatic carbocycles. The number of fused-ring (bicyclic) bond motifs is 2. The summed E-state index contributed by atoms with van der Waals surface area (Å²) in [6, 6.07) is 20.2. The Labute approximate surface area is 187 Å². The minimum atomic E-state index is -0.141. The molecule has 1 aliphatic carbocycles. The lowest BCUT2D eigenvalue weighted by Crippen LogP contribution is -2.37. The highest BCUT2D eigenvalue weighted by Crippen LogP contribution is 2.25. The Balaban J connectivity index is 1.59. The van der Waals surface area contributed by atoms with Crippen LogP contribution >= 0.6 is 0 Å². The third-order valence-electron chi connectivity index (χ3n) is 6.41. The summed E-state index contributed by atoms with van der Waals surface area (Å²) in [5, 5.41) is 13.3. The molecule has 1 saturated carbocycles. The molecule has 0 saturated heterocycles. The number of hydrogen-bond donors (Lipinski definition) is 3. The quantitative estimate of drug-likeness (QED) is 0.322. The van der Waals surface area contributed by atoms with Gasteiger partial charge < -0.3 is 15.6 Å². The van der Waals surface area contributed by atoms with Crippen molar-refractivity contribution < 1.29 is 4.79 Å². The molecule has 6 heteroatoms. The van der Waals surface area contributed by atoms with Gasteiger partial charge in [0.1, 0.15) is 5.84 Å². The number of rotatable bonds is 5. The van der Waals surface area contributed by atoms with Gasteiger partial charge in [0.2, 0.25) is 0 Å². The van der Waals surface area contributed by atoms with E-state index < -0.39 is 0 Å². The first-order valence-electron chi connectivity index (χ1n) is 11.2. The van der Waals surface area contributed by atoms with Gasteiger partial charge in [-0.2, -0.15) is 0 Å². The van der Waals surface area contributed by atoms with Gasteiger partial charge in [-0.25, -0.2) is 4.98 Å². The van der Waals surface area contributed by atoms with Gasteiger partial charge in [-0.15, -0.1) is 0 Å². The van der Waals surface area contributed by atoms with Gasteiger partial charge in [-0.3, -0.25) is 10.2 Å². The number of nitrogen functional groups attached to an aromatic ring is 1. The van der Waals surface area contributed by atoms with Crippen LogP contribution in [0.4, 0.5) is 0 Å². The second-order valence-corrected chi connectivity index (χ2v) is 8.59. The maximum Gasteiger partial charge on any atom is 0.287 e. The fourth-order valence-electron chi connectivity index (χ4n) is 4.73. The molecule has 1 aliphatic rings. The number of nitrogens with two attached hydrogens (primary N) is 1. The Hall–Kier alpha value is -3.67. The van der Waals surface area contributed by atoms with E-state index in [0.717, 1.165) is 42.1 Å². The molecule has 32 heavy (non-hydrogen) atoms. The fourth-order valence-corrected chi connectivity index (χ4v) is 4.73. The number of imidazole rings is 1. The number of nitrogens with one attached hydrogen (secondary N) is 2. The molecule has 0 unspecified atom stereocenters. The average Bonchev–Trinajstić information content (AvgIpc) is 3.18. The minimum Gasteiger partial charge on any atom is -0.384 e. The van der Waals surface area contributed by atoms with Crippen molar-refractivity contribution >= 4 is 33.5 Å². The van der Waals surface area contributed by atoms with Gasteiger partial charge in [-0.1, -0.05) is 61.7 Å². The zero-order valence-electron chi connectivity index (χ0n) is 18.0. The lowest BCUT2D eigenvalue weighted by Gasteiger charge is -2.22. The maximum atomic E-state index is 13.3. The number of carbonyl (C=O) groups excluding carboxylic acids is 1. The number of aromatic nitrogens is 2. The highest BCUT2D eigenvalue weighted by Gasteiger charge is 2.22. The average molecular weight is 426 g/mol. The van der Waals surface area contributed by atoms with Crippen molar-refractivity contribution in [1.29, 1.82) is 5.41 Å². The molecule has 6 nitrogen and oxygen atoms in total. The second kappa shape index (κ2) is 8.46. The summed E-state index contributed by atoms with van der Waals surface area (Å²) in [7, 11) is 0. The molecule has 1 fully saturated rings. The Morgan fingerprint density at radius 1 is 1.06 bits per heavy atom. The van der Waals surface area contributed by atoms with Crippen molar-refractivity contribution in [3.63, 3.8) is 0 Å². The number of benzene rings is 3. The first kappa shape index (κ1) is 20.2. The summed E-state index contributed by atoms with van der Waals surface area (Å²) in [6.45, 7) is 0.532. The van der Waals surface area contributed by atoms with E-state index in [-0.39, 0.29) is 17.8 Å². The normalized spacial score (nSPS) is 14.6. The zero-order chi connectivity index (χ0) is 22.1. The topological polar surface area (TPSA) is 96.8 Å². The molecule has 1 amide bonds. The Morgan fingerprint density at radius 3 is 2.66 bits per heavy atom. The predicted octanol–water partition coefficient (Wildman–Crippen LogP) is 4.58. The predicted molar refractivity (Wildman–Crippen MR) is 128 cm³/mol. The molecule has 1 aromatic heterocycles. The van der Waals surface area contributed by atoms with Crippen LogP contribution in [0.5, 0.6) is 0 Å². The first-order chi connectivity index (χ1) is 15.6. The van der Waals surface area contributed by atoms with Crippen LogP contribution in [0.2, 0.25) is 0 Å². The van der Waals surface area contributed by atoms with Crippen molar-refractivity contribution in [2.24, 2.45) is 5.73 Å². The molecule has 5 rings (SSSR count). The summed E-state index contributed by atoms with van der Waals surface area (Å²) < 4.78 is 1.99. The summed E-state index contributed by atoms with van der Waals surface area (Å²) in [4.78, 5) is 18.0. The summed E-state index contributed by atoms with van der Waals surface area (Å²) in [5.41, 5.74) is 8.95. The molecule has 162 valence electrons. The third kappa shape index (κ3) is 3.84. The van der Waals surface area contributed by atoms with Gasteiger partial charge in [0, 0.05) is 11.6 Å². The van der Waals surface area contributed by atoms with Crippen LogP contribution in [0, 0.1) is 5.41 Å². The highest BCUT2D eigenvalue weighted by atomic mass is 16.2. The van der Waals surface area contributed by atoms with Crippen LogP contribution < -0.4 is 11.1 Å². The molecule has 0 radical (unpaired) electrons. The van der Waals surface area contributed by atoms with Gasteiger partial charge in [0.05, 0.1) is 17.6 Å². The highest BCUT2D eigenvalue weighted by molar-refractivity contribution is 6.00. The number of carbonyl (C=O) groups is 1. The van der Waals surface area contributed by atoms with Crippen LogP contribution in [0.1, 0.15) is 53.8 Å². The molecule has 0 spiro atoms. The zero-order valence-corrected chi connectivity index (χ0v) is 18.0. The lowest BCUT2D eigenvalue weighted by molar-refractivity contribution is 0.0914. The first-order valence-corrected chi connectivity index (χ1v) is 11.2. The molecular formula is C26H27N5O. The minimum absolute atomic E-state index is 0.0105. The van der Waals surface area contributed by atoms with Crippen molar-refractivity contribution in [2.75, 3.05) is 0 Å². The van der Waals surface area contributed by atoms with E-state index in [4.69, 9.17) is 16.1 Å². The van der Waals surface area contributed by atoms with E-state index in [1.54, 1.807) is 6.07 Å². The van der Waals surface area contributed by atoms with Crippen LogP contribution in [0.15, 0.2) is 60.7 Å². The fraction of sp³-hybridized carbons (Fsp3) is 0.269. The number of nitrogens with zero attached hydrogens (tertiary/aromatic N) is 2. The second-order valence-electron chi connectivity index (χ2n) is 8.59. The van der Waals surface area contributed by atoms with Gasteiger partial charge in [-0.05, 0) is 47.4 Å². The number of hydrogen-bond acceptors (Lipinski definition) is 3. The van der Waals surface area contributed by atoms with Crippen molar-refractivity contribution in [3.05, 3.63) is 77.6 Å². The third-order valence-corrected chi connectivity index (χ3v) is 6.41. The van der Waals surface area contributed by atoms with Crippen LogP contribution in [0.3, 0.4) is 0 Å². The van der Waals surface area contributed by atoms with E-state index >= 15 is 0 Å². The molecule has 1 heterocycles. The van der Waals surface area contributed by atoms with E-state index in [2.05, 4.69) is 29.6 Å². The Morgan fingerprint density at radius 2 is 1.84 bits per heavy atom. The standard InChI is InChI=1S/C26H27N5O/c27-24(28)18-13-14-23-22(15-18)30-25(26(32)29-20-10-2-1-3-11-20)31(23)16-19-9-6-8-17-7-4-5-12-21(17)19/h4-9,12-15,20H,1-3,10-11,16H2,(H3,27,28)(H,29,32). The number of amides is 1. The molecule has 0 aliphatic heterocycles. The lowest BCUT2D eigenvalue weighted by atomic mass is 9.95. The van der Waals surface area contributed by atoms with E-state index in [9.17, 15) is 4.79 Å². The van der Waals surface area contributed by atoms with Crippen LogP contribution in [0.25, 0.3) is 21.8 Å². The maximum absolute atomic E-state index is 13.3. The molecule has 0 bridgehead atoms. The van der Waals surface area contributed by atoms with E-state index in [0.29, 0.717) is 23.4 Å². The summed E-state index contributed by atoms with van der Waals surface area (Å²) in [6.07, 6.45) is 5.58. The number of amidine groups is 1. The summed E-state index contributed by atoms with van der Waals surface area (Å²) >= 11 is 0. The molecule has 4 N–H and O–H groups in total. The van der Waals surface area contributed by atoms with Gasteiger partial charge in [0.15, 0.2) is 5.82 Å². The van der Waals surface area contributed by atoms with Crippen LogP contribution in [-0.2, 0) is 6.54 Å². The Kier molecular flexibility index (Phi) is 5.35. The monoisotopic (exact) mass is 425 g/mol. The smallest absolute Gasteiger partial charge is 0.287 e.